The number of phosphoric ester groups is 2. The number of esters is 2. The van der Waals surface area contributed by atoms with Gasteiger partial charge in [-0.25, -0.2) is 56.5 Å². The van der Waals surface area contributed by atoms with E-state index in [4.69, 9.17) is 38.5 Å². The molecule has 4 aromatic heterocycles. The first-order valence-electron chi connectivity index (χ1n) is 22.7. The second kappa shape index (κ2) is 25.5. The molecule has 2 aromatic carbocycles. The van der Waals surface area contributed by atoms with Crippen LogP contribution in [0, 0.1) is 0 Å². The topological polar surface area (TPSA) is 628 Å². The summed E-state index contributed by atoms with van der Waals surface area (Å²) in [6, 6.07) is 12.2. The number of anilines is 2. The third-order valence-electron chi connectivity index (χ3n) is 11.2. The number of phosphoric acid groups is 2. The zero-order chi connectivity index (χ0) is 62.1. The number of aromatic nitrogens is 8. The maximum atomic E-state index is 13.1. The maximum Gasteiger partial charge on any atom is 0.480 e. The van der Waals surface area contributed by atoms with Crippen LogP contribution in [-0.2, 0) is 64.0 Å². The third kappa shape index (κ3) is 16.3. The Morgan fingerprint density at radius 2 is 0.964 bits per heavy atom. The lowest BCUT2D eigenvalue weighted by molar-refractivity contribution is -0.0557. The Labute approximate surface area is 463 Å². The molecule has 0 bridgehead atoms. The molecule has 0 saturated carbocycles. The molecule has 12 atom stereocenters. The molecule has 2 saturated heterocycles. The number of aliphatic hydroxyl groups excluding tert-OH is 2. The average molecular weight is 1310 g/mol. The van der Waals surface area contributed by atoms with Gasteiger partial charge < -0.3 is 78.9 Å². The van der Waals surface area contributed by atoms with Crippen LogP contribution < -0.4 is 42.8 Å². The van der Waals surface area contributed by atoms with Gasteiger partial charge >= 0.3 is 69.9 Å². The highest BCUT2D eigenvalue weighted by molar-refractivity contribution is 7.71. The highest BCUT2D eigenvalue weighted by Crippen LogP contribution is 2.62. The number of carbonyl (C=O) groups is 2. The van der Waals surface area contributed by atoms with Crippen molar-refractivity contribution >= 4 is 92.3 Å². The number of ether oxygens (including phenoxy) is 4. The summed E-state index contributed by atoms with van der Waals surface area (Å²) < 4.78 is 111. The van der Waals surface area contributed by atoms with E-state index in [0.29, 0.717) is 11.4 Å². The van der Waals surface area contributed by atoms with E-state index in [0.717, 1.165) is 31.5 Å². The van der Waals surface area contributed by atoms with Crippen molar-refractivity contribution in [3.05, 3.63) is 114 Å². The van der Waals surface area contributed by atoms with Crippen LogP contribution in [0.4, 0.5) is 11.4 Å². The first-order valence-corrected chi connectivity index (χ1v) is 32.1. The highest BCUT2D eigenvalue weighted by atomic mass is 31.3. The van der Waals surface area contributed by atoms with Crippen LogP contribution >= 0.6 is 46.6 Å². The summed E-state index contributed by atoms with van der Waals surface area (Å²) in [5.74, 6) is -1.96. The lowest BCUT2D eigenvalue weighted by atomic mass is 10.1. The van der Waals surface area contributed by atoms with Crippen molar-refractivity contribution in [1.29, 1.82) is 0 Å². The van der Waals surface area contributed by atoms with E-state index in [1.807, 2.05) is 9.97 Å². The molecule has 48 heteroatoms. The fourth-order valence-electron chi connectivity index (χ4n) is 7.89. The van der Waals surface area contributed by atoms with Crippen LogP contribution in [0.5, 0.6) is 0 Å². The number of fused-ring (bicyclic) bond motifs is 2. The average Bonchev–Trinajstić information content (AvgIpc) is 2.32. The van der Waals surface area contributed by atoms with E-state index in [1.54, 1.807) is 24.3 Å². The van der Waals surface area contributed by atoms with Crippen molar-refractivity contribution in [2.45, 2.75) is 49.1 Å². The molecule has 2 aliphatic heterocycles. The molecule has 0 radical (unpaired) electrons. The molecule has 8 rings (SSSR count). The Hall–Kier alpha value is -6.06. The molecular weight excluding hydrogens is 1270 g/mol. The summed E-state index contributed by atoms with van der Waals surface area (Å²) in [7, 11) is -30.0. The van der Waals surface area contributed by atoms with Crippen molar-refractivity contribution < 1.29 is 123 Å². The zero-order valence-electron chi connectivity index (χ0n) is 41.9. The molecule has 84 heavy (non-hydrogen) atoms. The monoisotopic (exact) mass is 1310 g/mol. The smallest absolute Gasteiger partial charge is 0.453 e. The fourth-order valence-corrected chi connectivity index (χ4v) is 14.8. The summed E-state index contributed by atoms with van der Waals surface area (Å²) >= 11 is 0. The molecule has 4 unspecified atom stereocenters. The SMILES string of the molecule is CNc1ccccc1C(=O)O[C@@H]1[C@H](O)[C@@H](COP(=O)(O)OP(=O)(O)NP(=O)(O)O)O[C@H]1n1cnc2c(=O)[nH]c(=O)[nH]c21.CNc1ccccc1C(=O)O[C@H]1[C@@H](O)[C@H](n2cnc3c(=O)[nH]c(=O)[nH]c32)O[C@@H]1COP(=O)(O)OP(=O)(O)NP(=O)(O)O. The predicted octanol–water partition coefficient (Wildman–Crippen LogP) is -2.29. The Morgan fingerprint density at radius 3 is 1.39 bits per heavy atom. The van der Waals surface area contributed by atoms with Gasteiger partial charge in [0.1, 0.15) is 35.7 Å². The third-order valence-corrected chi connectivity index (χ3v) is 19.6. The summed E-state index contributed by atoms with van der Waals surface area (Å²) in [6.07, 6.45) is -11.3. The number of H-pyrrole nitrogens is 4. The van der Waals surface area contributed by atoms with Crippen LogP contribution in [0.2, 0.25) is 0 Å². The maximum absolute atomic E-state index is 13.1. The van der Waals surface area contributed by atoms with Crippen molar-refractivity contribution in [2.24, 2.45) is 0 Å². The minimum absolute atomic E-state index is 0.0140. The number of nitrogens with zero attached hydrogens (tertiary/aromatic N) is 4. The standard InChI is InChI=1S/2C18H23N6O15P3/c1-19-9-5-3-2-4-8(9)17(27)38-13-10(6-36-42(34,35)39-41(32,33)23-40(29,30)31)37-16(12(13)25)24-7-20-11-14(24)21-18(28)22-15(11)26;1-19-9-5-3-2-4-8(9)17(27)38-13-12(25)10(6-36-42(34,35)39-41(32,33)23-40(29,30)31)37-16(13)24-7-20-11-14(24)21-18(28)22-15(11)26/h2*2-5,7,10,12-13,16,19,25H,6H2,1H3,(H,34,35)(H2,21,22,26,28)(H4,23,29,30,31,32,33)/t2*10-,12-,13-,16-/m11/s1. The number of aliphatic hydroxyl groups is 2. The molecule has 6 aromatic rings. The van der Waals surface area contributed by atoms with Gasteiger partial charge in [-0.05, 0) is 24.3 Å². The molecule has 2 aliphatic rings. The Bertz CT molecular complexity index is 4010. The van der Waals surface area contributed by atoms with E-state index >= 15 is 0 Å². The first kappa shape index (κ1) is 65.5. The van der Waals surface area contributed by atoms with Gasteiger partial charge in [0, 0.05) is 25.5 Å². The Balaban J connectivity index is 0.000000241. The van der Waals surface area contributed by atoms with Crippen molar-refractivity contribution in [1.82, 2.24) is 48.8 Å². The number of hydrogen-bond acceptors (Lipinski definition) is 26. The molecule has 460 valence electrons. The highest BCUT2D eigenvalue weighted by Gasteiger charge is 2.51. The first-order chi connectivity index (χ1) is 39.0. The second-order valence-corrected chi connectivity index (χ2v) is 26.5. The van der Waals surface area contributed by atoms with Gasteiger partial charge in [-0.3, -0.25) is 47.7 Å². The summed E-state index contributed by atoms with van der Waals surface area (Å²) in [5, 5.41) is 27.7. The number of aromatic amines is 4. The molecule has 18 N–H and O–H groups in total. The number of nitrogens with one attached hydrogen (secondary N) is 8. The summed E-state index contributed by atoms with van der Waals surface area (Å²) in [5.41, 5.74) is -3.80. The molecule has 0 spiro atoms. The minimum Gasteiger partial charge on any atom is -0.453 e. The van der Waals surface area contributed by atoms with E-state index in [-0.39, 0.29) is 33.5 Å². The lowest BCUT2D eigenvalue weighted by Crippen LogP contribution is -2.38. The van der Waals surface area contributed by atoms with E-state index in [9.17, 15) is 85.9 Å². The predicted molar refractivity (Wildman–Crippen MR) is 276 cm³/mol. The normalized spacial score (nSPS) is 23.8. The molecule has 2 fully saturated rings. The lowest BCUT2D eigenvalue weighted by Gasteiger charge is -2.22. The second-order valence-electron chi connectivity index (χ2n) is 17.0. The van der Waals surface area contributed by atoms with E-state index in [1.165, 1.54) is 38.4 Å². The van der Waals surface area contributed by atoms with E-state index < -0.39 is 143 Å². The largest absolute Gasteiger partial charge is 0.480 e. The number of imidazole rings is 2. The van der Waals surface area contributed by atoms with Gasteiger partial charge in [-0.1, -0.05) is 24.3 Å². The van der Waals surface area contributed by atoms with E-state index in [2.05, 4.69) is 48.2 Å². The molecular formula is C36H46N12O30P6. The zero-order valence-corrected chi connectivity index (χ0v) is 47.3. The quantitative estimate of drug-likeness (QED) is 0.0251. The van der Waals surface area contributed by atoms with Crippen LogP contribution in [0.1, 0.15) is 33.2 Å². The van der Waals surface area contributed by atoms with Crippen LogP contribution in [0.15, 0.2) is 80.4 Å². The van der Waals surface area contributed by atoms with Crippen molar-refractivity contribution in [3.8, 4) is 0 Å². The number of benzene rings is 2. The molecule has 6 heterocycles. The van der Waals surface area contributed by atoms with Gasteiger partial charge in [-0.15, -0.1) is 9.72 Å². The number of rotatable bonds is 22. The van der Waals surface area contributed by atoms with Gasteiger partial charge in [0.15, 0.2) is 35.7 Å². The number of hydrogen-bond donors (Lipinski definition) is 18. The van der Waals surface area contributed by atoms with Crippen molar-refractivity contribution in [2.75, 3.05) is 37.9 Å². The summed E-state index contributed by atoms with van der Waals surface area (Å²) in [4.78, 5) is 166. The van der Waals surface area contributed by atoms with Gasteiger partial charge in [0.05, 0.1) is 37.0 Å². The van der Waals surface area contributed by atoms with Gasteiger partial charge in [0.25, 0.3) is 11.1 Å². The van der Waals surface area contributed by atoms with Crippen LogP contribution in [-0.4, -0.2) is 164 Å². The Kier molecular flexibility index (Phi) is 19.9. The molecule has 42 nitrogen and oxygen atoms in total. The number of para-hydroxylation sites is 2. The fraction of sp³-hybridized carbons (Fsp3) is 0.333. The number of carbonyl (C=O) groups excluding carboxylic acids is 2. The summed E-state index contributed by atoms with van der Waals surface area (Å²) in [6.45, 7) is -2.15. The van der Waals surface area contributed by atoms with Crippen molar-refractivity contribution in [3.63, 3.8) is 0 Å². The van der Waals surface area contributed by atoms with Crippen LogP contribution in [0.25, 0.3) is 22.3 Å². The Morgan fingerprint density at radius 1 is 0.571 bits per heavy atom. The van der Waals surface area contributed by atoms with Gasteiger partial charge in [-0.2, -0.15) is 8.62 Å². The van der Waals surface area contributed by atoms with Gasteiger partial charge in [0.2, 0.25) is 0 Å². The minimum atomic E-state index is -5.60. The molecule has 0 aliphatic carbocycles. The molecule has 0 amide bonds. The van der Waals surface area contributed by atoms with Crippen LogP contribution in [0.3, 0.4) is 0 Å².